The minimum atomic E-state index is -1.03. The van der Waals surface area contributed by atoms with Crippen molar-refractivity contribution in [1.82, 2.24) is 9.80 Å². The number of amides is 1. The quantitative estimate of drug-likeness (QED) is 0.415. The monoisotopic (exact) mass is 366 g/mol. The molecule has 3 N–H and O–H groups in total. The number of nitrogens with two attached hydrogens (primary N) is 1. The molecule has 2 fully saturated rings. The zero-order valence-corrected chi connectivity index (χ0v) is 15.4. The second-order valence-electron chi connectivity index (χ2n) is 6.96. The van der Waals surface area contributed by atoms with Crippen molar-refractivity contribution >= 4 is 30.0 Å². The van der Waals surface area contributed by atoms with Crippen LogP contribution in [0.3, 0.4) is 0 Å². The van der Waals surface area contributed by atoms with Gasteiger partial charge < -0.3 is 15.7 Å². The number of aliphatic carboxylic acids is 1. The van der Waals surface area contributed by atoms with E-state index in [4.69, 9.17) is 5.73 Å². The number of aliphatic imine (C=N–C) groups is 1. The third kappa shape index (κ3) is 3.69. The molecule has 2 atom stereocenters. The van der Waals surface area contributed by atoms with Gasteiger partial charge in [-0.15, -0.1) is 11.8 Å². The van der Waals surface area contributed by atoms with E-state index in [0.717, 1.165) is 50.4 Å². The highest BCUT2D eigenvalue weighted by Crippen LogP contribution is 2.41. The Kier molecular flexibility index (Phi) is 5.68. The number of carbonyl (C=O) groups excluding carboxylic acids is 1. The van der Waals surface area contributed by atoms with E-state index < -0.39 is 12.0 Å². The van der Waals surface area contributed by atoms with Crippen LogP contribution in [-0.2, 0) is 9.59 Å². The van der Waals surface area contributed by atoms with Gasteiger partial charge >= 0.3 is 5.97 Å². The molecule has 7 nitrogen and oxygen atoms in total. The number of fused-ring (bicyclic) bond motifs is 1. The molecule has 2 saturated heterocycles. The zero-order chi connectivity index (χ0) is 18.0. The molecular formula is C17H26N4O3S. The molecule has 1 unspecified atom stereocenters. The summed E-state index contributed by atoms with van der Waals surface area (Å²) in [5, 5.41) is 9.16. The molecule has 3 heterocycles. The van der Waals surface area contributed by atoms with Crippen LogP contribution in [0, 0.1) is 5.92 Å². The molecule has 0 radical (unpaired) electrons. The molecule has 0 aromatic rings. The van der Waals surface area contributed by atoms with Crippen LogP contribution in [0.5, 0.6) is 0 Å². The number of rotatable bonds is 6. The zero-order valence-electron chi connectivity index (χ0n) is 14.6. The van der Waals surface area contributed by atoms with Gasteiger partial charge in [0.15, 0.2) is 6.04 Å². The average molecular weight is 366 g/mol. The summed E-state index contributed by atoms with van der Waals surface area (Å²) in [6.07, 6.45) is 6.36. The molecule has 0 aromatic heterocycles. The predicted octanol–water partition coefficient (Wildman–Crippen LogP) is 1.11. The lowest BCUT2D eigenvalue weighted by atomic mass is 9.92. The highest BCUT2D eigenvalue weighted by molar-refractivity contribution is 8.00. The smallest absolute Gasteiger partial charge is 0.352 e. The molecule has 0 aliphatic carbocycles. The molecule has 3 rings (SSSR count). The number of nitrogens with zero attached hydrogens (tertiary/aromatic N) is 3. The molecule has 0 saturated carbocycles. The molecule has 1 amide bonds. The van der Waals surface area contributed by atoms with Gasteiger partial charge in [-0.3, -0.25) is 14.7 Å². The van der Waals surface area contributed by atoms with Gasteiger partial charge in [0.25, 0.3) is 5.91 Å². The number of β-lactam (4-membered cyclic amide) rings is 1. The van der Waals surface area contributed by atoms with Gasteiger partial charge in [0.1, 0.15) is 11.1 Å². The summed E-state index contributed by atoms with van der Waals surface area (Å²) >= 11 is 1.59. The number of carbonyl (C=O) groups is 2. The lowest BCUT2D eigenvalue weighted by Crippen LogP contribution is -2.64. The number of piperidine rings is 1. The first-order chi connectivity index (χ1) is 12.0. The van der Waals surface area contributed by atoms with Gasteiger partial charge in [0.2, 0.25) is 0 Å². The maximum atomic E-state index is 12.4. The van der Waals surface area contributed by atoms with Crippen LogP contribution in [0.2, 0.25) is 0 Å². The fourth-order valence-electron chi connectivity index (χ4n) is 3.69. The topological polar surface area (TPSA) is 99.2 Å². The summed E-state index contributed by atoms with van der Waals surface area (Å²) in [6, 6.07) is -0.456. The Morgan fingerprint density at radius 1 is 1.44 bits per heavy atom. The number of likely N-dealkylation sites (tertiary alicyclic amines) is 1. The predicted molar refractivity (Wildman–Crippen MR) is 98.3 cm³/mol. The van der Waals surface area contributed by atoms with E-state index in [1.54, 1.807) is 25.0 Å². The number of hydrogen-bond donors (Lipinski definition) is 2. The van der Waals surface area contributed by atoms with Gasteiger partial charge in [-0.05, 0) is 50.6 Å². The number of thioether (sulfide) groups is 1. The van der Waals surface area contributed by atoms with Crippen molar-refractivity contribution in [3.63, 3.8) is 0 Å². The van der Waals surface area contributed by atoms with E-state index in [9.17, 15) is 14.7 Å². The average Bonchev–Trinajstić information content (AvgIpc) is 2.61. The fourth-order valence-corrected chi connectivity index (χ4v) is 4.97. The van der Waals surface area contributed by atoms with Crippen LogP contribution in [-0.4, -0.2) is 69.9 Å². The SMILES string of the molecule is CC1=C(C(=O)O)N2C(=O)C(N=CN3CCC(CCCN)CC3)[C@@H]2SC1. The normalized spacial score (nSPS) is 27.7. The molecule has 0 spiro atoms. The minimum Gasteiger partial charge on any atom is -0.477 e. The van der Waals surface area contributed by atoms with Crippen molar-refractivity contribution < 1.29 is 14.7 Å². The molecule has 0 aromatic carbocycles. The largest absolute Gasteiger partial charge is 0.477 e. The highest BCUT2D eigenvalue weighted by atomic mass is 32.2. The molecule has 8 heteroatoms. The molecular weight excluding hydrogens is 340 g/mol. The highest BCUT2D eigenvalue weighted by Gasteiger charge is 2.53. The van der Waals surface area contributed by atoms with E-state index in [0.29, 0.717) is 5.75 Å². The molecule has 3 aliphatic rings. The standard InChI is InChI=1S/C17H26N4O3S/c1-11-9-25-16-13(15(22)21(16)14(11)17(23)24)19-10-20-7-4-12(5-8-20)3-2-6-18/h10,12-13,16H,2-9,18H2,1H3,(H,23,24)/t13?,16-/m0/s1. The van der Waals surface area contributed by atoms with Gasteiger partial charge in [-0.2, -0.15) is 0 Å². The number of hydrogen-bond acceptors (Lipinski definition) is 5. The van der Waals surface area contributed by atoms with Crippen molar-refractivity contribution in [3.8, 4) is 0 Å². The van der Waals surface area contributed by atoms with Crippen molar-refractivity contribution in [2.45, 2.75) is 44.0 Å². The molecule has 0 bridgehead atoms. The second kappa shape index (κ2) is 7.78. The van der Waals surface area contributed by atoms with Crippen LogP contribution in [0.1, 0.15) is 32.6 Å². The first-order valence-corrected chi connectivity index (χ1v) is 9.93. The molecule has 3 aliphatic heterocycles. The van der Waals surface area contributed by atoms with E-state index in [1.165, 1.54) is 11.3 Å². The Hall–Kier alpha value is -1.54. The Bertz CT molecular complexity index is 599. The summed E-state index contributed by atoms with van der Waals surface area (Å²) in [7, 11) is 0. The Morgan fingerprint density at radius 2 is 2.16 bits per heavy atom. The van der Waals surface area contributed by atoms with Crippen molar-refractivity contribution in [1.29, 1.82) is 0 Å². The maximum Gasteiger partial charge on any atom is 0.352 e. The lowest BCUT2D eigenvalue weighted by Gasteiger charge is -2.47. The molecule has 138 valence electrons. The summed E-state index contributed by atoms with van der Waals surface area (Å²) < 4.78 is 0. The first-order valence-electron chi connectivity index (χ1n) is 8.88. The van der Waals surface area contributed by atoms with Crippen LogP contribution < -0.4 is 5.73 Å². The van der Waals surface area contributed by atoms with Gasteiger partial charge in [-0.1, -0.05) is 0 Å². The van der Waals surface area contributed by atoms with Crippen molar-refractivity contribution in [3.05, 3.63) is 11.3 Å². The fraction of sp³-hybridized carbons (Fsp3) is 0.706. The third-order valence-corrected chi connectivity index (χ3v) is 6.60. The van der Waals surface area contributed by atoms with Crippen molar-refractivity contribution in [2.75, 3.05) is 25.4 Å². The summed E-state index contributed by atoms with van der Waals surface area (Å²) in [6.45, 7) is 4.44. The summed E-state index contributed by atoms with van der Waals surface area (Å²) in [4.78, 5) is 31.8. The second-order valence-corrected chi connectivity index (χ2v) is 8.07. The van der Waals surface area contributed by atoms with Crippen LogP contribution in [0.15, 0.2) is 16.3 Å². The summed E-state index contributed by atoms with van der Waals surface area (Å²) in [5.41, 5.74) is 6.45. The van der Waals surface area contributed by atoms with E-state index in [2.05, 4.69) is 9.89 Å². The maximum absolute atomic E-state index is 12.4. The minimum absolute atomic E-state index is 0.140. The third-order valence-electron chi connectivity index (χ3n) is 5.19. The molecule has 25 heavy (non-hydrogen) atoms. The Balaban J connectivity index is 1.55. The lowest BCUT2D eigenvalue weighted by molar-refractivity contribution is -0.147. The van der Waals surface area contributed by atoms with Crippen LogP contribution in [0.4, 0.5) is 0 Å². The Labute approximate surface area is 152 Å². The van der Waals surface area contributed by atoms with Gasteiger partial charge in [0, 0.05) is 18.8 Å². The van der Waals surface area contributed by atoms with E-state index in [1.807, 2.05) is 0 Å². The Morgan fingerprint density at radius 3 is 2.80 bits per heavy atom. The van der Waals surface area contributed by atoms with E-state index >= 15 is 0 Å². The van der Waals surface area contributed by atoms with Gasteiger partial charge in [-0.25, -0.2) is 4.79 Å². The van der Waals surface area contributed by atoms with Crippen LogP contribution >= 0.6 is 11.8 Å². The van der Waals surface area contributed by atoms with E-state index in [-0.39, 0.29) is 17.0 Å². The summed E-state index contributed by atoms with van der Waals surface area (Å²) in [5.74, 6) is 0.143. The van der Waals surface area contributed by atoms with Gasteiger partial charge in [0.05, 0.1) is 6.34 Å². The van der Waals surface area contributed by atoms with Crippen LogP contribution in [0.25, 0.3) is 0 Å². The van der Waals surface area contributed by atoms with Crippen molar-refractivity contribution in [2.24, 2.45) is 16.6 Å². The number of carboxylic acids is 1. The number of carboxylic acid groups (broad SMARTS) is 1. The first kappa shape index (κ1) is 18.3.